The Morgan fingerprint density at radius 2 is 2.31 bits per heavy atom. The van der Waals surface area contributed by atoms with Gasteiger partial charge in [-0.05, 0) is 19.4 Å². The zero-order valence-corrected chi connectivity index (χ0v) is 9.82. The summed E-state index contributed by atoms with van der Waals surface area (Å²) in [5, 5.41) is 5.66. The second kappa shape index (κ2) is 4.41. The molecule has 2 fully saturated rings. The number of carbonyl (C=O) groups excluding carboxylic acids is 2. The summed E-state index contributed by atoms with van der Waals surface area (Å²) in [7, 11) is 1.98. The Hall–Kier alpha value is -1.10. The summed E-state index contributed by atoms with van der Waals surface area (Å²) < 4.78 is 0. The molecule has 0 aromatic rings. The van der Waals surface area contributed by atoms with Crippen molar-refractivity contribution in [1.82, 2.24) is 15.5 Å². The Labute approximate surface area is 95.6 Å². The van der Waals surface area contributed by atoms with Crippen LogP contribution in [0.15, 0.2) is 0 Å². The number of hydrogen-bond donors (Lipinski definition) is 2. The number of nitrogens with zero attached hydrogens (tertiary/aromatic N) is 1. The molecule has 2 heterocycles. The summed E-state index contributed by atoms with van der Waals surface area (Å²) in [6.07, 6.45) is 1.33. The van der Waals surface area contributed by atoms with Crippen LogP contribution in [-0.2, 0) is 9.59 Å². The van der Waals surface area contributed by atoms with Gasteiger partial charge < -0.3 is 10.6 Å². The van der Waals surface area contributed by atoms with E-state index in [4.69, 9.17) is 0 Å². The van der Waals surface area contributed by atoms with E-state index in [2.05, 4.69) is 22.5 Å². The number of likely N-dealkylation sites (tertiary alicyclic amines) is 1. The fourth-order valence-electron chi connectivity index (χ4n) is 2.57. The topological polar surface area (TPSA) is 61.4 Å². The molecule has 2 rings (SSSR count). The first-order valence-electron chi connectivity index (χ1n) is 5.83. The van der Waals surface area contributed by atoms with Crippen molar-refractivity contribution in [2.75, 3.05) is 20.1 Å². The summed E-state index contributed by atoms with van der Waals surface area (Å²) in [6, 6.07) is -0.0463. The van der Waals surface area contributed by atoms with Crippen molar-refractivity contribution in [3.8, 4) is 0 Å². The molecule has 0 radical (unpaired) electrons. The van der Waals surface area contributed by atoms with E-state index in [9.17, 15) is 9.59 Å². The maximum absolute atomic E-state index is 12.0. The molecule has 0 saturated carbocycles. The van der Waals surface area contributed by atoms with Gasteiger partial charge in [-0.1, -0.05) is 6.92 Å². The van der Waals surface area contributed by atoms with Crippen LogP contribution in [0, 0.1) is 5.92 Å². The van der Waals surface area contributed by atoms with E-state index in [1.807, 2.05) is 7.05 Å². The molecule has 5 nitrogen and oxygen atoms in total. The van der Waals surface area contributed by atoms with Gasteiger partial charge in [-0.2, -0.15) is 0 Å². The quantitative estimate of drug-likeness (QED) is 0.655. The highest BCUT2D eigenvalue weighted by Crippen LogP contribution is 2.21. The maximum Gasteiger partial charge on any atom is 0.237 e. The molecule has 2 aliphatic rings. The van der Waals surface area contributed by atoms with Crippen LogP contribution in [0.25, 0.3) is 0 Å². The van der Waals surface area contributed by atoms with E-state index in [0.29, 0.717) is 18.9 Å². The van der Waals surface area contributed by atoms with Gasteiger partial charge in [-0.3, -0.25) is 14.5 Å². The Morgan fingerprint density at radius 1 is 1.56 bits per heavy atom. The zero-order valence-electron chi connectivity index (χ0n) is 9.82. The van der Waals surface area contributed by atoms with E-state index >= 15 is 0 Å². The van der Waals surface area contributed by atoms with E-state index < -0.39 is 0 Å². The monoisotopic (exact) mass is 225 g/mol. The first-order chi connectivity index (χ1) is 7.56. The number of rotatable bonds is 2. The van der Waals surface area contributed by atoms with Crippen LogP contribution in [0.4, 0.5) is 0 Å². The van der Waals surface area contributed by atoms with Crippen molar-refractivity contribution < 1.29 is 9.59 Å². The summed E-state index contributed by atoms with van der Waals surface area (Å²) in [5.74, 6) is 0.663. The lowest BCUT2D eigenvalue weighted by atomic mass is 10.1. The van der Waals surface area contributed by atoms with Crippen molar-refractivity contribution in [3.05, 3.63) is 0 Å². The number of likely N-dealkylation sites (N-methyl/N-ethyl adjacent to an activating group) is 1. The average molecular weight is 225 g/mol. The molecule has 0 spiro atoms. The molecule has 5 heteroatoms. The van der Waals surface area contributed by atoms with Crippen LogP contribution >= 0.6 is 0 Å². The Kier molecular flexibility index (Phi) is 3.14. The van der Waals surface area contributed by atoms with Crippen LogP contribution < -0.4 is 10.6 Å². The first-order valence-corrected chi connectivity index (χ1v) is 5.83. The normalized spacial score (nSPS) is 35.1. The molecule has 2 N–H and O–H groups in total. The smallest absolute Gasteiger partial charge is 0.237 e. The van der Waals surface area contributed by atoms with Crippen molar-refractivity contribution in [3.63, 3.8) is 0 Å². The average Bonchev–Trinajstić information content (AvgIpc) is 2.73. The van der Waals surface area contributed by atoms with Gasteiger partial charge in [-0.25, -0.2) is 0 Å². The van der Waals surface area contributed by atoms with Gasteiger partial charge in [0.1, 0.15) is 0 Å². The third-order valence-corrected chi connectivity index (χ3v) is 3.38. The molecule has 0 aromatic carbocycles. The number of hydrogen-bond acceptors (Lipinski definition) is 3. The van der Waals surface area contributed by atoms with E-state index in [1.54, 1.807) is 0 Å². The molecule has 16 heavy (non-hydrogen) atoms. The molecular formula is C11H19N3O2. The van der Waals surface area contributed by atoms with Crippen LogP contribution in [0.3, 0.4) is 0 Å². The van der Waals surface area contributed by atoms with Gasteiger partial charge >= 0.3 is 0 Å². The molecule has 0 bridgehead atoms. The second-order valence-electron chi connectivity index (χ2n) is 5.01. The number of carbonyl (C=O) groups is 2. The predicted molar refractivity (Wildman–Crippen MR) is 59.8 cm³/mol. The molecule has 2 aliphatic heterocycles. The maximum atomic E-state index is 12.0. The largest absolute Gasteiger partial charge is 0.354 e. The third-order valence-electron chi connectivity index (χ3n) is 3.38. The summed E-state index contributed by atoms with van der Waals surface area (Å²) in [4.78, 5) is 25.1. The molecule has 2 saturated heterocycles. The zero-order chi connectivity index (χ0) is 11.7. The Bertz CT molecular complexity index is 306. The van der Waals surface area contributed by atoms with E-state index in [0.717, 1.165) is 13.0 Å². The van der Waals surface area contributed by atoms with Gasteiger partial charge in [0.25, 0.3) is 0 Å². The fraction of sp³-hybridized carbons (Fsp3) is 0.818. The van der Waals surface area contributed by atoms with Gasteiger partial charge in [0, 0.05) is 19.5 Å². The lowest BCUT2D eigenvalue weighted by Gasteiger charge is -2.20. The van der Waals surface area contributed by atoms with Crippen molar-refractivity contribution >= 4 is 11.8 Å². The minimum absolute atomic E-state index is 0.0225. The van der Waals surface area contributed by atoms with Crippen LogP contribution in [-0.4, -0.2) is 48.9 Å². The second-order valence-corrected chi connectivity index (χ2v) is 5.01. The highest BCUT2D eigenvalue weighted by Gasteiger charge is 2.34. The van der Waals surface area contributed by atoms with Crippen LogP contribution in [0.5, 0.6) is 0 Å². The van der Waals surface area contributed by atoms with E-state index in [1.165, 1.54) is 0 Å². The highest BCUT2D eigenvalue weighted by molar-refractivity contribution is 5.85. The lowest BCUT2D eigenvalue weighted by Crippen LogP contribution is -2.46. The molecule has 90 valence electrons. The molecular weight excluding hydrogens is 206 g/mol. The predicted octanol–water partition coefficient (Wildman–Crippen LogP) is -0.669. The fourth-order valence-corrected chi connectivity index (χ4v) is 2.57. The summed E-state index contributed by atoms with van der Waals surface area (Å²) in [6.45, 7) is 3.70. The van der Waals surface area contributed by atoms with Crippen molar-refractivity contribution in [2.45, 2.75) is 31.8 Å². The van der Waals surface area contributed by atoms with Crippen molar-refractivity contribution in [1.29, 1.82) is 0 Å². The SMILES string of the molecule is CC1C[C@@H](C(=O)N[C@H]2CNC(=O)C2)N(C)C1. The molecule has 0 aliphatic carbocycles. The first kappa shape index (κ1) is 11.4. The van der Waals surface area contributed by atoms with Crippen LogP contribution in [0.1, 0.15) is 19.8 Å². The summed E-state index contributed by atoms with van der Waals surface area (Å²) in [5.41, 5.74) is 0. The molecule has 3 atom stereocenters. The van der Waals surface area contributed by atoms with Gasteiger partial charge in [-0.15, -0.1) is 0 Å². The molecule has 0 aromatic heterocycles. The summed E-state index contributed by atoms with van der Waals surface area (Å²) >= 11 is 0. The number of amides is 2. The van der Waals surface area contributed by atoms with Crippen molar-refractivity contribution in [2.24, 2.45) is 5.92 Å². The highest BCUT2D eigenvalue weighted by atomic mass is 16.2. The minimum atomic E-state index is -0.0238. The third kappa shape index (κ3) is 2.35. The van der Waals surface area contributed by atoms with Gasteiger partial charge in [0.2, 0.25) is 11.8 Å². The molecule has 1 unspecified atom stereocenters. The van der Waals surface area contributed by atoms with E-state index in [-0.39, 0.29) is 23.9 Å². The Balaban J connectivity index is 1.86. The lowest BCUT2D eigenvalue weighted by molar-refractivity contribution is -0.125. The van der Waals surface area contributed by atoms with Crippen LogP contribution in [0.2, 0.25) is 0 Å². The van der Waals surface area contributed by atoms with Gasteiger partial charge in [0.15, 0.2) is 0 Å². The standard InChI is InChI=1S/C11H19N3O2/c1-7-3-9(14(2)6-7)11(16)13-8-4-10(15)12-5-8/h7-9H,3-6H2,1-2H3,(H,12,15)(H,13,16)/t7?,8-,9+/m1/s1. The van der Waals surface area contributed by atoms with Gasteiger partial charge in [0.05, 0.1) is 12.1 Å². The number of nitrogens with one attached hydrogen (secondary N) is 2. The molecule has 2 amide bonds. The Morgan fingerprint density at radius 3 is 2.81 bits per heavy atom. The minimum Gasteiger partial charge on any atom is -0.354 e.